The Morgan fingerprint density at radius 2 is 2.19 bits per heavy atom. The van der Waals surface area contributed by atoms with E-state index in [1.807, 2.05) is 0 Å². The van der Waals surface area contributed by atoms with Crippen molar-refractivity contribution in [2.24, 2.45) is 5.73 Å². The lowest BCUT2D eigenvalue weighted by Crippen LogP contribution is -2.49. The van der Waals surface area contributed by atoms with Crippen molar-refractivity contribution in [2.45, 2.75) is 0 Å². The normalized spacial score (nSPS) is 17.7. The van der Waals surface area contributed by atoms with E-state index in [2.05, 4.69) is 20.3 Å². The van der Waals surface area contributed by atoms with E-state index in [9.17, 15) is 4.79 Å². The molecule has 1 saturated heterocycles. The van der Waals surface area contributed by atoms with Crippen molar-refractivity contribution in [3.63, 3.8) is 0 Å². The van der Waals surface area contributed by atoms with Crippen molar-refractivity contribution in [1.29, 1.82) is 0 Å². The fourth-order valence-electron chi connectivity index (χ4n) is 1.82. The summed E-state index contributed by atoms with van der Waals surface area (Å²) in [6.45, 7) is 4.77. The van der Waals surface area contributed by atoms with Crippen LogP contribution in [0.3, 0.4) is 0 Å². The monoisotopic (exact) mass is 224 g/mol. The Balaban J connectivity index is 1.87. The van der Waals surface area contributed by atoms with Gasteiger partial charge in [-0.1, -0.05) is 0 Å². The zero-order valence-corrected chi connectivity index (χ0v) is 9.09. The molecule has 2 heterocycles. The van der Waals surface area contributed by atoms with Gasteiger partial charge in [-0.15, -0.1) is 0 Å². The van der Waals surface area contributed by atoms with Gasteiger partial charge in [0.1, 0.15) is 0 Å². The summed E-state index contributed by atoms with van der Waals surface area (Å²) in [6.07, 6.45) is 1.45. The lowest BCUT2D eigenvalue weighted by Gasteiger charge is -2.33. The summed E-state index contributed by atoms with van der Waals surface area (Å²) in [7, 11) is 0. The molecule has 1 amide bonds. The Morgan fingerprint density at radius 3 is 2.75 bits per heavy atom. The van der Waals surface area contributed by atoms with Gasteiger partial charge in [0.15, 0.2) is 5.69 Å². The number of rotatable bonds is 3. The van der Waals surface area contributed by atoms with E-state index >= 15 is 0 Å². The van der Waals surface area contributed by atoms with Crippen LogP contribution in [0, 0.1) is 0 Å². The van der Waals surface area contributed by atoms with Gasteiger partial charge in [-0.05, 0) is 0 Å². The van der Waals surface area contributed by atoms with Gasteiger partial charge in [0, 0.05) is 39.3 Å². The van der Waals surface area contributed by atoms with Gasteiger partial charge in [-0.2, -0.15) is 15.4 Å². The van der Waals surface area contributed by atoms with Crippen molar-refractivity contribution in [3.05, 3.63) is 11.9 Å². The molecule has 7 nitrogen and oxygen atoms in total. The number of nitrogens with zero attached hydrogens (tertiary/aromatic N) is 4. The molecule has 1 fully saturated rings. The number of aromatic amines is 1. The van der Waals surface area contributed by atoms with Crippen molar-refractivity contribution in [2.75, 3.05) is 39.3 Å². The molecule has 0 spiro atoms. The maximum absolute atomic E-state index is 11.9. The highest BCUT2D eigenvalue weighted by Crippen LogP contribution is 2.05. The Hall–Kier alpha value is -1.47. The number of nitrogens with two attached hydrogens (primary N) is 1. The molecule has 0 bridgehead atoms. The molecule has 0 unspecified atom stereocenters. The zero-order chi connectivity index (χ0) is 11.4. The Bertz CT molecular complexity index is 330. The molecule has 1 aromatic rings. The maximum atomic E-state index is 11.9. The van der Waals surface area contributed by atoms with Crippen LogP contribution in [0.2, 0.25) is 0 Å². The number of H-pyrrole nitrogens is 1. The predicted molar refractivity (Wildman–Crippen MR) is 57.8 cm³/mol. The van der Waals surface area contributed by atoms with Crippen LogP contribution in [0.4, 0.5) is 0 Å². The maximum Gasteiger partial charge on any atom is 0.276 e. The Kier molecular flexibility index (Phi) is 3.47. The van der Waals surface area contributed by atoms with Crippen LogP contribution in [0.1, 0.15) is 10.5 Å². The molecule has 88 valence electrons. The fraction of sp³-hybridized carbons (Fsp3) is 0.667. The van der Waals surface area contributed by atoms with Crippen LogP contribution >= 0.6 is 0 Å². The standard InChI is InChI=1S/C9H16N6O/c10-1-2-14-3-5-15(6-4-14)9(16)8-7-11-13-12-8/h7H,1-6,10H2,(H,11,12,13). The van der Waals surface area contributed by atoms with Crippen molar-refractivity contribution in [3.8, 4) is 0 Å². The zero-order valence-electron chi connectivity index (χ0n) is 9.09. The number of carbonyl (C=O) groups excluding carboxylic acids is 1. The number of hydrogen-bond donors (Lipinski definition) is 2. The van der Waals surface area contributed by atoms with Gasteiger partial charge in [0.05, 0.1) is 6.20 Å². The van der Waals surface area contributed by atoms with Crippen molar-refractivity contribution >= 4 is 5.91 Å². The summed E-state index contributed by atoms with van der Waals surface area (Å²) in [5.74, 6) is -0.0545. The summed E-state index contributed by atoms with van der Waals surface area (Å²) in [5, 5.41) is 9.86. The highest BCUT2D eigenvalue weighted by Gasteiger charge is 2.22. The number of hydrogen-bond acceptors (Lipinski definition) is 5. The Morgan fingerprint density at radius 1 is 1.44 bits per heavy atom. The third-order valence-electron chi connectivity index (χ3n) is 2.74. The van der Waals surface area contributed by atoms with Gasteiger partial charge in [-0.3, -0.25) is 9.69 Å². The topological polar surface area (TPSA) is 91.1 Å². The molecule has 7 heteroatoms. The van der Waals surface area contributed by atoms with E-state index in [0.717, 1.165) is 32.7 Å². The molecule has 0 atom stereocenters. The SMILES string of the molecule is NCCN1CCN(C(=O)c2cn[nH]n2)CC1. The minimum absolute atomic E-state index is 0.0545. The molecular weight excluding hydrogens is 208 g/mol. The predicted octanol–water partition coefficient (Wildman–Crippen LogP) is -1.48. The van der Waals surface area contributed by atoms with Gasteiger partial charge in [0.2, 0.25) is 0 Å². The minimum atomic E-state index is -0.0545. The summed E-state index contributed by atoms with van der Waals surface area (Å²) >= 11 is 0. The molecule has 0 aromatic carbocycles. The Labute approximate surface area is 93.6 Å². The minimum Gasteiger partial charge on any atom is -0.335 e. The molecule has 3 N–H and O–H groups in total. The molecule has 16 heavy (non-hydrogen) atoms. The molecule has 0 saturated carbocycles. The second-order valence-electron chi connectivity index (χ2n) is 3.78. The van der Waals surface area contributed by atoms with Crippen LogP contribution in [-0.2, 0) is 0 Å². The van der Waals surface area contributed by atoms with E-state index in [4.69, 9.17) is 5.73 Å². The average molecular weight is 224 g/mol. The van der Waals surface area contributed by atoms with Crippen LogP contribution in [0.5, 0.6) is 0 Å². The number of piperazine rings is 1. The molecule has 0 radical (unpaired) electrons. The summed E-state index contributed by atoms with van der Waals surface area (Å²) in [4.78, 5) is 15.9. The largest absolute Gasteiger partial charge is 0.335 e. The second kappa shape index (κ2) is 5.04. The molecule has 2 rings (SSSR count). The van der Waals surface area contributed by atoms with Gasteiger partial charge >= 0.3 is 0 Å². The first-order chi connectivity index (χ1) is 7.81. The van der Waals surface area contributed by atoms with E-state index in [1.54, 1.807) is 4.90 Å². The quantitative estimate of drug-likeness (QED) is 0.653. The lowest BCUT2D eigenvalue weighted by atomic mass is 10.3. The summed E-state index contributed by atoms with van der Waals surface area (Å²) in [5.41, 5.74) is 5.87. The van der Waals surface area contributed by atoms with Gasteiger partial charge < -0.3 is 10.6 Å². The molecule has 1 aliphatic heterocycles. The molecule has 1 aliphatic rings. The number of amides is 1. The number of carbonyl (C=O) groups is 1. The van der Waals surface area contributed by atoms with E-state index in [-0.39, 0.29) is 5.91 Å². The fourth-order valence-corrected chi connectivity index (χ4v) is 1.82. The highest BCUT2D eigenvalue weighted by molar-refractivity contribution is 5.91. The second-order valence-corrected chi connectivity index (χ2v) is 3.78. The van der Waals surface area contributed by atoms with Crippen LogP contribution in [-0.4, -0.2) is 70.4 Å². The average Bonchev–Trinajstić information content (AvgIpc) is 2.83. The molecule has 1 aromatic heterocycles. The smallest absolute Gasteiger partial charge is 0.276 e. The molecular formula is C9H16N6O. The van der Waals surface area contributed by atoms with E-state index in [1.165, 1.54) is 6.20 Å². The third-order valence-corrected chi connectivity index (χ3v) is 2.74. The number of aromatic nitrogens is 3. The highest BCUT2D eigenvalue weighted by atomic mass is 16.2. The molecule has 0 aliphatic carbocycles. The third kappa shape index (κ3) is 2.37. The number of nitrogens with one attached hydrogen (secondary N) is 1. The van der Waals surface area contributed by atoms with Gasteiger partial charge in [0.25, 0.3) is 5.91 Å². The van der Waals surface area contributed by atoms with Crippen LogP contribution in [0.25, 0.3) is 0 Å². The first kappa shape index (κ1) is 11.0. The van der Waals surface area contributed by atoms with E-state index in [0.29, 0.717) is 12.2 Å². The van der Waals surface area contributed by atoms with Crippen molar-refractivity contribution < 1.29 is 4.79 Å². The lowest BCUT2D eigenvalue weighted by molar-refractivity contribution is 0.0635. The first-order valence-electron chi connectivity index (χ1n) is 5.38. The van der Waals surface area contributed by atoms with E-state index < -0.39 is 0 Å². The summed E-state index contributed by atoms with van der Waals surface area (Å²) < 4.78 is 0. The van der Waals surface area contributed by atoms with Crippen LogP contribution in [0.15, 0.2) is 6.20 Å². The van der Waals surface area contributed by atoms with Gasteiger partial charge in [-0.25, -0.2) is 0 Å². The summed E-state index contributed by atoms with van der Waals surface area (Å²) in [6, 6.07) is 0. The first-order valence-corrected chi connectivity index (χ1v) is 5.38. The van der Waals surface area contributed by atoms with Crippen molar-refractivity contribution in [1.82, 2.24) is 25.2 Å². The van der Waals surface area contributed by atoms with Crippen LogP contribution < -0.4 is 5.73 Å².